The van der Waals surface area contributed by atoms with Crippen LogP contribution in [0.2, 0.25) is 0 Å². The number of hydrogen-bond donors (Lipinski definition) is 1. The number of nitrogens with zero attached hydrogens (tertiary/aromatic N) is 4. The van der Waals surface area contributed by atoms with Gasteiger partial charge in [-0.2, -0.15) is 0 Å². The molecule has 0 aliphatic carbocycles. The second kappa shape index (κ2) is 7.53. The lowest BCUT2D eigenvalue weighted by atomic mass is 10.0. The minimum Gasteiger partial charge on any atom is -0.469 e. The second-order valence-corrected chi connectivity index (χ2v) is 7.81. The molecule has 4 rings (SSSR count). The number of hydrogen-bond acceptors (Lipinski definition) is 6. The number of aryl methyl sites for hydroxylation is 1. The van der Waals surface area contributed by atoms with Gasteiger partial charge in [-0.15, -0.1) is 0 Å². The normalized spacial score (nSPS) is 17.7. The predicted molar refractivity (Wildman–Crippen MR) is 113 cm³/mol. The van der Waals surface area contributed by atoms with Crippen LogP contribution in [0.5, 0.6) is 0 Å². The minimum atomic E-state index is -1.22. The average Bonchev–Trinajstić information content (AvgIpc) is 3.08. The van der Waals surface area contributed by atoms with Crippen molar-refractivity contribution in [2.45, 2.75) is 25.4 Å². The highest BCUT2D eigenvalue weighted by Gasteiger charge is 2.37. The number of benzene rings is 1. The fraction of sp³-hybridized carbons (Fsp3) is 0.238. The number of carbonyl (C=O) groups excluding carboxylic acids is 1. The molecule has 0 saturated carbocycles. The van der Waals surface area contributed by atoms with Crippen molar-refractivity contribution in [3.8, 4) is 5.69 Å². The highest BCUT2D eigenvalue weighted by molar-refractivity contribution is 9.10. The molecule has 0 unspecified atom stereocenters. The summed E-state index contributed by atoms with van der Waals surface area (Å²) in [5.41, 5.74) is 9.66. The number of nitrogens with two attached hydrogens (primary N) is 1. The summed E-state index contributed by atoms with van der Waals surface area (Å²) in [5, 5.41) is 0. The summed E-state index contributed by atoms with van der Waals surface area (Å²) in [6.45, 7) is 1.97. The Bertz CT molecular complexity index is 1110. The van der Waals surface area contributed by atoms with E-state index in [4.69, 9.17) is 15.5 Å². The van der Waals surface area contributed by atoms with E-state index in [-0.39, 0.29) is 18.8 Å². The molecule has 29 heavy (non-hydrogen) atoms. The molecule has 0 bridgehead atoms. The molecule has 1 aromatic carbocycles. The topological polar surface area (TPSA) is 95.4 Å². The fourth-order valence-electron chi connectivity index (χ4n) is 3.51. The highest BCUT2D eigenvalue weighted by atomic mass is 79.9. The van der Waals surface area contributed by atoms with Crippen molar-refractivity contribution in [2.75, 3.05) is 7.11 Å². The molecule has 1 aliphatic rings. The summed E-state index contributed by atoms with van der Waals surface area (Å²) in [6, 6.07) is 11.6. The van der Waals surface area contributed by atoms with Crippen LogP contribution in [0.3, 0.4) is 0 Å². The van der Waals surface area contributed by atoms with E-state index in [0.29, 0.717) is 17.2 Å². The minimum absolute atomic E-state index is 0.123. The Labute approximate surface area is 176 Å². The van der Waals surface area contributed by atoms with E-state index in [1.807, 2.05) is 47.9 Å². The SMILES string of the molecule is COC(=O)CC[C@]1(N)N=C(c2ccccn2)c2cc(Br)ccc2-n2c(C)cnc21. The molecule has 0 spiro atoms. The van der Waals surface area contributed by atoms with Gasteiger partial charge in [0.25, 0.3) is 0 Å². The van der Waals surface area contributed by atoms with Gasteiger partial charge in [0, 0.05) is 41.0 Å². The monoisotopic (exact) mass is 453 g/mol. The van der Waals surface area contributed by atoms with Crippen LogP contribution in [-0.2, 0) is 15.2 Å². The Morgan fingerprint density at radius 3 is 2.83 bits per heavy atom. The fourth-order valence-corrected chi connectivity index (χ4v) is 3.87. The van der Waals surface area contributed by atoms with Gasteiger partial charge in [-0.05, 0) is 37.3 Å². The van der Waals surface area contributed by atoms with Gasteiger partial charge >= 0.3 is 5.97 Å². The maximum atomic E-state index is 11.8. The van der Waals surface area contributed by atoms with E-state index < -0.39 is 5.66 Å². The van der Waals surface area contributed by atoms with E-state index >= 15 is 0 Å². The zero-order chi connectivity index (χ0) is 20.6. The molecule has 3 heterocycles. The molecule has 0 amide bonds. The number of pyridine rings is 1. The van der Waals surface area contributed by atoms with Gasteiger partial charge < -0.3 is 10.5 Å². The van der Waals surface area contributed by atoms with Crippen LogP contribution < -0.4 is 5.73 Å². The number of imidazole rings is 1. The lowest BCUT2D eigenvalue weighted by Crippen LogP contribution is -2.38. The maximum absolute atomic E-state index is 11.8. The van der Waals surface area contributed by atoms with Crippen LogP contribution in [0.15, 0.2) is 58.3 Å². The summed E-state index contributed by atoms with van der Waals surface area (Å²) < 4.78 is 7.72. The largest absolute Gasteiger partial charge is 0.469 e. The van der Waals surface area contributed by atoms with Crippen LogP contribution in [0.1, 0.15) is 35.6 Å². The zero-order valence-electron chi connectivity index (χ0n) is 16.1. The zero-order valence-corrected chi connectivity index (χ0v) is 17.7. The standard InChI is InChI=1S/C21H20BrN5O2/c1-13-12-25-20-21(23,9-8-18(28)29-2)26-19(16-5-3-4-10-24-16)15-11-14(22)6-7-17(15)27(13)20/h3-7,10-12H,8-9,23H2,1-2H3/t21-/m0/s1. The van der Waals surface area contributed by atoms with E-state index in [9.17, 15) is 4.79 Å². The third kappa shape index (κ3) is 3.49. The Morgan fingerprint density at radius 2 is 2.10 bits per heavy atom. The van der Waals surface area contributed by atoms with Crippen molar-refractivity contribution in [3.05, 3.63) is 76.0 Å². The number of esters is 1. The van der Waals surface area contributed by atoms with E-state index in [1.54, 1.807) is 12.4 Å². The molecule has 1 atom stereocenters. The first-order valence-corrected chi connectivity index (χ1v) is 9.94. The molecule has 2 aromatic heterocycles. The van der Waals surface area contributed by atoms with E-state index in [0.717, 1.165) is 21.4 Å². The first kappa shape index (κ1) is 19.5. The number of rotatable bonds is 4. The van der Waals surface area contributed by atoms with Crippen molar-refractivity contribution in [3.63, 3.8) is 0 Å². The lowest BCUT2D eigenvalue weighted by Gasteiger charge is -2.24. The first-order valence-electron chi connectivity index (χ1n) is 9.15. The van der Waals surface area contributed by atoms with Crippen LogP contribution in [0, 0.1) is 6.92 Å². The van der Waals surface area contributed by atoms with Crippen LogP contribution in [0.25, 0.3) is 5.69 Å². The van der Waals surface area contributed by atoms with Gasteiger partial charge in [0.1, 0.15) is 0 Å². The van der Waals surface area contributed by atoms with Gasteiger partial charge in [0.15, 0.2) is 11.5 Å². The number of ether oxygens (including phenoxy) is 1. The van der Waals surface area contributed by atoms with Crippen molar-refractivity contribution in [1.29, 1.82) is 0 Å². The third-order valence-electron chi connectivity index (χ3n) is 4.94. The number of fused-ring (bicyclic) bond motifs is 3. The number of methoxy groups -OCH3 is 1. The summed E-state index contributed by atoms with van der Waals surface area (Å²) >= 11 is 3.56. The van der Waals surface area contributed by atoms with E-state index in [2.05, 4.69) is 25.9 Å². The molecule has 0 fully saturated rings. The highest BCUT2D eigenvalue weighted by Crippen LogP contribution is 2.35. The van der Waals surface area contributed by atoms with Gasteiger partial charge in [-0.1, -0.05) is 22.0 Å². The molecule has 0 saturated heterocycles. The lowest BCUT2D eigenvalue weighted by molar-refractivity contribution is -0.141. The second-order valence-electron chi connectivity index (χ2n) is 6.90. The summed E-state index contributed by atoms with van der Waals surface area (Å²) in [6.07, 6.45) is 3.86. The van der Waals surface area contributed by atoms with Crippen LogP contribution in [0.4, 0.5) is 0 Å². The molecular weight excluding hydrogens is 434 g/mol. The first-order chi connectivity index (χ1) is 13.9. The molecule has 2 N–H and O–H groups in total. The quantitative estimate of drug-likeness (QED) is 0.611. The van der Waals surface area contributed by atoms with Crippen LogP contribution >= 0.6 is 15.9 Å². The maximum Gasteiger partial charge on any atom is 0.305 e. The predicted octanol–water partition coefficient (Wildman–Crippen LogP) is 3.25. The molecule has 0 radical (unpaired) electrons. The Hall–Kier alpha value is -2.84. The van der Waals surface area contributed by atoms with Gasteiger partial charge in [-0.25, -0.2) is 4.98 Å². The van der Waals surface area contributed by atoms with Crippen molar-refractivity contribution < 1.29 is 9.53 Å². The molecule has 148 valence electrons. The van der Waals surface area contributed by atoms with Gasteiger partial charge in [-0.3, -0.25) is 19.3 Å². The number of aromatic nitrogens is 3. The molecular formula is C21H20BrN5O2. The Kier molecular flexibility index (Phi) is 5.06. The summed E-state index contributed by atoms with van der Waals surface area (Å²) in [4.78, 5) is 25.8. The van der Waals surface area contributed by atoms with Crippen molar-refractivity contribution in [2.24, 2.45) is 10.7 Å². The average molecular weight is 454 g/mol. The van der Waals surface area contributed by atoms with Crippen molar-refractivity contribution in [1.82, 2.24) is 14.5 Å². The van der Waals surface area contributed by atoms with Crippen molar-refractivity contribution >= 4 is 27.6 Å². The number of aliphatic imine (C=N–C) groups is 1. The molecule has 1 aliphatic heterocycles. The number of halogens is 1. The Balaban J connectivity index is 1.99. The summed E-state index contributed by atoms with van der Waals surface area (Å²) in [5.74, 6) is 0.233. The van der Waals surface area contributed by atoms with Gasteiger partial charge in [0.2, 0.25) is 0 Å². The number of carbonyl (C=O) groups is 1. The molecule has 7 nitrogen and oxygen atoms in total. The molecule has 3 aromatic rings. The van der Waals surface area contributed by atoms with Gasteiger partial charge in [0.05, 0.1) is 24.2 Å². The van der Waals surface area contributed by atoms with E-state index in [1.165, 1.54) is 7.11 Å². The van der Waals surface area contributed by atoms with Crippen LogP contribution in [-0.4, -0.2) is 33.3 Å². The third-order valence-corrected chi connectivity index (χ3v) is 5.43. The molecule has 8 heteroatoms. The smallest absolute Gasteiger partial charge is 0.305 e. The Morgan fingerprint density at radius 1 is 1.28 bits per heavy atom. The summed E-state index contributed by atoms with van der Waals surface area (Å²) in [7, 11) is 1.36.